The number of methoxy groups -OCH3 is 1. The Labute approximate surface area is 227 Å². The van der Waals surface area contributed by atoms with Crippen LogP contribution in [-0.2, 0) is 24.1 Å². The van der Waals surface area contributed by atoms with Crippen molar-refractivity contribution in [3.05, 3.63) is 25.3 Å². The molecule has 9 heteroatoms. The van der Waals surface area contributed by atoms with E-state index in [0.29, 0.717) is 57.8 Å². The minimum Gasteiger partial charge on any atom is -0.381 e. The number of sulfone groups is 1. The summed E-state index contributed by atoms with van der Waals surface area (Å²) in [5, 5.41) is 2.40. The van der Waals surface area contributed by atoms with Crippen LogP contribution in [0.3, 0.4) is 0 Å². The molecule has 6 nitrogen and oxygen atoms in total. The molecule has 218 valence electrons. The highest BCUT2D eigenvalue weighted by molar-refractivity contribution is 7.92. The van der Waals surface area contributed by atoms with Crippen molar-refractivity contribution in [2.75, 3.05) is 7.11 Å². The molecule has 3 saturated carbocycles. The Morgan fingerprint density at radius 2 is 1.66 bits per heavy atom. The minimum absolute atomic E-state index is 0.0135. The van der Waals surface area contributed by atoms with Crippen LogP contribution in [0.1, 0.15) is 96.8 Å². The first-order valence-corrected chi connectivity index (χ1v) is 15.9. The second-order valence-corrected chi connectivity index (χ2v) is 14.3. The third-order valence-electron chi connectivity index (χ3n) is 9.33. The summed E-state index contributed by atoms with van der Waals surface area (Å²) in [6.07, 6.45) is 7.14. The van der Waals surface area contributed by atoms with Crippen LogP contribution in [0.25, 0.3) is 0 Å². The van der Waals surface area contributed by atoms with E-state index >= 15 is 0 Å². The number of rotatable bonds is 11. The predicted molar refractivity (Wildman–Crippen MR) is 146 cm³/mol. The van der Waals surface area contributed by atoms with Gasteiger partial charge in [0.25, 0.3) is 0 Å². The molecular weight excluding hydrogens is 512 g/mol. The monoisotopic (exact) mass is 559 g/mol. The number of halogens is 2. The Hall–Kier alpha value is -1.32. The molecule has 3 fully saturated rings. The van der Waals surface area contributed by atoms with E-state index in [4.69, 9.17) is 9.47 Å². The predicted octanol–water partition coefficient (Wildman–Crippen LogP) is 6.11. The van der Waals surface area contributed by atoms with Crippen molar-refractivity contribution in [1.29, 1.82) is 0 Å². The zero-order chi connectivity index (χ0) is 28.0. The number of carbonyl (C=O) groups is 1. The van der Waals surface area contributed by atoms with Gasteiger partial charge in [-0.3, -0.25) is 4.79 Å². The third kappa shape index (κ3) is 7.66. The molecule has 0 radical (unpaired) electrons. The average Bonchev–Trinajstić information content (AvgIpc) is 3.12. The van der Waals surface area contributed by atoms with Gasteiger partial charge in [-0.15, -0.1) is 13.2 Å². The third-order valence-corrected chi connectivity index (χ3v) is 12.2. The first-order valence-electron chi connectivity index (χ1n) is 14.3. The van der Waals surface area contributed by atoms with Crippen molar-refractivity contribution in [3.63, 3.8) is 0 Å². The van der Waals surface area contributed by atoms with Gasteiger partial charge in [-0.05, 0) is 89.9 Å². The summed E-state index contributed by atoms with van der Waals surface area (Å²) >= 11 is 0. The highest BCUT2D eigenvalue weighted by Crippen LogP contribution is 2.42. The van der Waals surface area contributed by atoms with Crippen molar-refractivity contribution in [1.82, 2.24) is 5.32 Å². The zero-order valence-corrected chi connectivity index (χ0v) is 24.0. The number of nitrogens with one attached hydrogen (secondary N) is 1. The van der Waals surface area contributed by atoms with Crippen LogP contribution < -0.4 is 5.32 Å². The lowest BCUT2D eigenvalue weighted by molar-refractivity contribution is -0.264. The van der Waals surface area contributed by atoms with Gasteiger partial charge in [-0.25, -0.2) is 8.42 Å². The Bertz CT molecular complexity index is 910. The average molecular weight is 560 g/mol. The maximum atomic E-state index is 13.8. The maximum Gasteiger partial charge on any atom is 0.359 e. The van der Waals surface area contributed by atoms with E-state index in [1.807, 2.05) is 6.92 Å². The molecule has 3 aliphatic carbocycles. The number of hydrogen-bond acceptors (Lipinski definition) is 5. The van der Waals surface area contributed by atoms with E-state index in [1.54, 1.807) is 13.2 Å². The van der Waals surface area contributed by atoms with Gasteiger partial charge in [0.15, 0.2) is 9.84 Å². The standard InChI is InChI=1S/C29H47F2NO5S/c1-5-18-29(30,31)37-25-11-9-23(10-12-25)32-27(33)28(6-2)19-7-8-22(17-20-28)21(3)38(34,35)26-15-13-24(36-4)14-16-26/h5-6,21-26H,1-2,7-20H2,3-4H3,(H,32,33). The summed E-state index contributed by atoms with van der Waals surface area (Å²) in [7, 11) is -1.59. The van der Waals surface area contributed by atoms with E-state index in [2.05, 4.69) is 18.5 Å². The van der Waals surface area contributed by atoms with E-state index < -0.39 is 39.1 Å². The van der Waals surface area contributed by atoms with Gasteiger partial charge in [-0.1, -0.05) is 18.6 Å². The van der Waals surface area contributed by atoms with E-state index in [0.717, 1.165) is 31.8 Å². The van der Waals surface area contributed by atoms with Gasteiger partial charge in [0.1, 0.15) is 0 Å². The van der Waals surface area contributed by atoms with Gasteiger partial charge in [0.05, 0.1) is 34.5 Å². The van der Waals surface area contributed by atoms with Crippen LogP contribution in [0.2, 0.25) is 0 Å². The fraction of sp³-hybridized carbons (Fsp3) is 0.828. The number of alkyl halides is 2. The van der Waals surface area contributed by atoms with Gasteiger partial charge in [-0.2, -0.15) is 8.78 Å². The fourth-order valence-corrected chi connectivity index (χ4v) is 9.01. The van der Waals surface area contributed by atoms with Crippen molar-refractivity contribution in [3.8, 4) is 0 Å². The first-order chi connectivity index (χ1) is 18.0. The van der Waals surface area contributed by atoms with E-state index in [1.165, 1.54) is 0 Å². The van der Waals surface area contributed by atoms with E-state index in [9.17, 15) is 22.0 Å². The van der Waals surface area contributed by atoms with Crippen LogP contribution in [-0.4, -0.2) is 56.3 Å². The van der Waals surface area contributed by atoms with Crippen molar-refractivity contribution >= 4 is 15.7 Å². The molecule has 0 aromatic carbocycles. The summed E-state index contributed by atoms with van der Waals surface area (Å²) < 4.78 is 64.9. The molecule has 1 amide bonds. The molecule has 3 unspecified atom stereocenters. The van der Waals surface area contributed by atoms with Gasteiger partial charge < -0.3 is 14.8 Å². The second kappa shape index (κ2) is 13.4. The molecule has 3 rings (SSSR count). The van der Waals surface area contributed by atoms with Crippen LogP contribution in [0.5, 0.6) is 0 Å². The molecule has 0 aliphatic heterocycles. The lowest BCUT2D eigenvalue weighted by atomic mass is 9.78. The number of ether oxygens (including phenoxy) is 2. The minimum atomic E-state index is -3.27. The highest BCUT2D eigenvalue weighted by atomic mass is 32.2. The fourth-order valence-electron chi connectivity index (χ4n) is 6.67. The van der Waals surface area contributed by atoms with Crippen LogP contribution in [0.15, 0.2) is 25.3 Å². The Kier molecular flexibility index (Phi) is 11.0. The zero-order valence-electron chi connectivity index (χ0n) is 23.1. The molecule has 3 aliphatic rings. The molecule has 3 atom stereocenters. The summed E-state index contributed by atoms with van der Waals surface area (Å²) in [5.74, 6) is -0.0671. The molecule has 0 bridgehead atoms. The lowest BCUT2D eigenvalue weighted by Gasteiger charge is -2.35. The van der Waals surface area contributed by atoms with Crippen LogP contribution >= 0.6 is 0 Å². The van der Waals surface area contributed by atoms with Crippen molar-refractivity contribution in [2.45, 2.75) is 132 Å². The normalized spacial score (nSPS) is 34.1. The smallest absolute Gasteiger partial charge is 0.359 e. The molecule has 1 N–H and O–H groups in total. The second-order valence-electron chi connectivity index (χ2n) is 11.7. The Balaban J connectivity index is 1.54. The summed E-state index contributed by atoms with van der Waals surface area (Å²) in [6.45, 7) is 9.19. The molecule has 0 aromatic heterocycles. The van der Waals surface area contributed by atoms with Crippen LogP contribution in [0.4, 0.5) is 8.78 Å². The molecule has 0 spiro atoms. The molecule has 38 heavy (non-hydrogen) atoms. The first kappa shape index (κ1) is 31.2. The maximum absolute atomic E-state index is 13.8. The van der Waals surface area contributed by atoms with Crippen molar-refractivity contribution in [2.24, 2.45) is 11.3 Å². The summed E-state index contributed by atoms with van der Waals surface area (Å²) in [4.78, 5) is 13.5. The summed E-state index contributed by atoms with van der Waals surface area (Å²) in [6, 6.07) is -0.0900. The number of hydrogen-bond donors (Lipinski definition) is 1. The van der Waals surface area contributed by atoms with Gasteiger partial charge in [0.2, 0.25) is 5.91 Å². The molecular formula is C29H47F2NO5S. The van der Waals surface area contributed by atoms with Gasteiger partial charge >= 0.3 is 6.11 Å². The number of amides is 1. The van der Waals surface area contributed by atoms with Crippen molar-refractivity contribution < 1.29 is 31.5 Å². The summed E-state index contributed by atoms with van der Waals surface area (Å²) in [5.41, 5.74) is -0.737. The quantitative estimate of drug-likeness (QED) is 0.244. The lowest BCUT2D eigenvalue weighted by Crippen LogP contribution is -2.47. The largest absolute Gasteiger partial charge is 0.381 e. The topological polar surface area (TPSA) is 81.7 Å². The SMILES string of the molecule is C=CCC(F)(F)OC1CCC(NC(=O)C2(C=C)CCCC(C(C)S(=O)(=O)C3CCC(OC)CC3)CC2)CC1. The molecule has 0 heterocycles. The van der Waals surface area contributed by atoms with E-state index in [-0.39, 0.29) is 29.2 Å². The molecule has 0 aromatic rings. The Morgan fingerprint density at radius 1 is 1.03 bits per heavy atom. The molecule has 0 saturated heterocycles. The Morgan fingerprint density at radius 3 is 2.24 bits per heavy atom. The van der Waals surface area contributed by atoms with Crippen LogP contribution in [0, 0.1) is 11.3 Å². The number of carbonyl (C=O) groups excluding carboxylic acids is 1. The highest BCUT2D eigenvalue weighted by Gasteiger charge is 2.43. The van der Waals surface area contributed by atoms with Gasteiger partial charge in [0, 0.05) is 13.2 Å².